The van der Waals surface area contributed by atoms with Crippen LogP contribution >= 0.6 is 23.2 Å². The van der Waals surface area contributed by atoms with Crippen molar-refractivity contribution in [2.24, 2.45) is 11.7 Å². The first-order valence-corrected chi connectivity index (χ1v) is 6.55. The van der Waals surface area contributed by atoms with Crippen molar-refractivity contribution in [1.29, 1.82) is 0 Å². The monoisotopic (exact) mass is 271 g/mol. The molecular formula is C13H15Cl2NO. The van der Waals surface area contributed by atoms with Gasteiger partial charge >= 0.3 is 0 Å². The summed E-state index contributed by atoms with van der Waals surface area (Å²) in [6.07, 6.45) is 3.33. The van der Waals surface area contributed by atoms with Crippen molar-refractivity contribution in [3.63, 3.8) is 0 Å². The molecule has 0 amide bonds. The third-order valence-corrected chi connectivity index (χ3v) is 4.08. The zero-order valence-corrected chi connectivity index (χ0v) is 11.0. The number of Topliss-reactive ketones (excluding diaryl/α,β-unsaturated/α-hetero) is 1. The highest BCUT2D eigenvalue weighted by Crippen LogP contribution is 2.27. The largest absolute Gasteiger partial charge is 0.327 e. The van der Waals surface area contributed by atoms with Gasteiger partial charge < -0.3 is 5.73 Å². The van der Waals surface area contributed by atoms with E-state index in [4.69, 9.17) is 28.9 Å². The molecule has 2 atom stereocenters. The van der Waals surface area contributed by atoms with Gasteiger partial charge in [0.1, 0.15) is 5.78 Å². The molecule has 1 aromatic rings. The van der Waals surface area contributed by atoms with E-state index in [1.54, 1.807) is 12.1 Å². The Balaban J connectivity index is 2.05. The van der Waals surface area contributed by atoms with E-state index in [1.807, 2.05) is 6.07 Å². The molecule has 0 aromatic heterocycles. The smallest absolute Gasteiger partial charge is 0.141 e. The first-order valence-electron chi connectivity index (χ1n) is 5.80. The van der Waals surface area contributed by atoms with Gasteiger partial charge in [0, 0.05) is 18.4 Å². The highest BCUT2D eigenvalue weighted by molar-refractivity contribution is 6.42. The van der Waals surface area contributed by atoms with Gasteiger partial charge in [-0.05, 0) is 30.5 Å². The van der Waals surface area contributed by atoms with Gasteiger partial charge in [-0.25, -0.2) is 0 Å². The lowest BCUT2D eigenvalue weighted by molar-refractivity contribution is -0.122. The third kappa shape index (κ3) is 3.01. The van der Waals surface area contributed by atoms with E-state index in [9.17, 15) is 4.79 Å². The number of halogens is 2. The summed E-state index contributed by atoms with van der Waals surface area (Å²) in [5.74, 6) is 0.234. The average Bonchev–Trinajstić information content (AvgIpc) is 2.70. The fraction of sp³-hybridized carbons (Fsp3) is 0.462. The summed E-state index contributed by atoms with van der Waals surface area (Å²) in [7, 11) is 0. The summed E-state index contributed by atoms with van der Waals surface area (Å²) >= 11 is 11.7. The maximum Gasteiger partial charge on any atom is 0.141 e. The van der Waals surface area contributed by atoms with Crippen molar-refractivity contribution in [3.8, 4) is 0 Å². The molecule has 0 spiro atoms. The number of hydrogen-bond acceptors (Lipinski definition) is 2. The van der Waals surface area contributed by atoms with Crippen LogP contribution in [0, 0.1) is 5.92 Å². The Morgan fingerprint density at radius 2 is 2.06 bits per heavy atom. The summed E-state index contributed by atoms with van der Waals surface area (Å²) in [4.78, 5) is 12.1. The number of hydrogen-bond donors (Lipinski definition) is 1. The van der Waals surface area contributed by atoms with E-state index in [2.05, 4.69) is 0 Å². The summed E-state index contributed by atoms with van der Waals surface area (Å²) in [5.41, 5.74) is 6.83. The Morgan fingerprint density at radius 1 is 1.29 bits per heavy atom. The van der Waals surface area contributed by atoms with Crippen LogP contribution in [-0.2, 0) is 11.2 Å². The van der Waals surface area contributed by atoms with Gasteiger partial charge in [0.2, 0.25) is 0 Å². The second kappa shape index (κ2) is 5.38. The highest BCUT2D eigenvalue weighted by Gasteiger charge is 2.29. The molecule has 1 aliphatic rings. The molecule has 0 radical (unpaired) electrons. The summed E-state index contributed by atoms with van der Waals surface area (Å²) in [5, 5.41) is 1.01. The molecule has 0 saturated heterocycles. The van der Waals surface area contributed by atoms with Crippen LogP contribution in [0.15, 0.2) is 18.2 Å². The van der Waals surface area contributed by atoms with Crippen molar-refractivity contribution in [2.75, 3.05) is 0 Å². The second-order valence-electron chi connectivity index (χ2n) is 4.59. The Kier molecular flexibility index (Phi) is 4.08. The van der Waals surface area contributed by atoms with Gasteiger partial charge in [-0.1, -0.05) is 35.7 Å². The molecule has 1 aromatic carbocycles. The lowest BCUT2D eigenvalue weighted by Crippen LogP contribution is -2.31. The van der Waals surface area contributed by atoms with Gasteiger partial charge in [0.25, 0.3) is 0 Å². The lowest BCUT2D eigenvalue weighted by atomic mass is 9.94. The fourth-order valence-corrected chi connectivity index (χ4v) is 2.69. The average molecular weight is 272 g/mol. The first kappa shape index (κ1) is 12.9. The van der Waals surface area contributed by atoms with E-state index < -0.39 is 0 Å². The molecular weight excluding hydrogens is 257 g/mol. The van der Waals surface area contributed by atoms with E-state index in [0.29, 0.717) is 16.5 Å². The van der Waals surface area contributed by atoms with Crippen molar-refractivity contribution in [2.45, 2.75) is 31.7 Å². The minimum atomic E-state index is 0.0180. The van der Waals surface area contributed by atoms with Crippen molar-refractivity contribution < 1.29 is 4.79 Å². The number of nitrogens with two attached hydrogens (primary N) is 1. The molecule has 17 heavy (non-hydrogen) atoms. The van der Waals surface area contributed by atoms with Crippen LogP contribution in [0.25, 0.3) is 0 Å². The molecule has 2 N–H and O–H groups in total. The molecule has 0 bridgehead atoms. The van der Waals surface area contributed by atoms with E-state index in [0.717, 1.165) is 24.8 Å². The molecule has 2 unspecified atom stereocenters. The van der Waals surface area contributed by atoms with Crippen LogP contribution in [0.4, 0.5) is 0 Å². The second-order valence-corrected chi connectivity index (χ2v) is 5.41. The molecule has 0 heterocycles. The van der Waals surface area contributed by atoms with Crippen LogP contribution in [-0.4, -0.2) is 11.8 Å². The van der Waals surface area contributed by atoms with Gasteiger partial charge in [0.05, 0.1) is 10.0 Å². The maximum atomic E-state index is 12.1. The highest BCUT2D eigenvalue weighted by atomic mass is 35.5. The van der Waals surface area contributed by atoms with Crippen molar-refractivity contribution in [3.05, 3.63) is 33.8 Å². The summed E-state index contributed by atoms with van der Waals surface area (Å²) in [6.45, 7) is 0. The number of benzene rings is 1. The molecule has 2 nitrogen and oxygen atoms in total. The Labute approximate surface area is 111 Å². The number of carbonyl (C=O) groups is 1. The number of ketones is 1. The Bertz CT molecular complexity index is 433. The maximum absolute atomic E-state index is 12.1. The molecule has 2 rings (SSSR count). The van der Waals surface area contributed by atoms with Crippen molar-refractivity contribution >= 4 is 29.0 Å². The van der Waals surface area contributed by atoms with Crippen LogP contribution in [0.3, 0.4) is 0 Å². The van der Waals surface area contributed by atoms with Crippen LogP contribution in [0.1, 0.15) is 24.8 Å². The SMILES string of the molecule is NC1CCCC1C(=O)Cc1ccc(Cl)c(Cl)c1. The minimum absolute atomic E-state index is 0.0180. The number of rotatable bonds is 3. The Hall–Kier alpha value is -0.570. The normalized spacial score (nSPS) is 23.9. The van der Waals surface area contributed by atoms with Crippen molar-refractivity contribution in [1.82, 2.24) is 0 Å². The van der Waals surface area contributed by atoms with Gasteiger partial charge in [-0.15, -0.1) is 0 Å². The van der Waals surface area contributed by atoms with Crippen LogP contribution in [0.5, 0.6) is 0 Å². The van der Waals surface area contributed by atoms with Crippen LogP contribution < -0.4 is 5.73 Å². The van der Waals surface area contributed by atoms with Gasteiger partial charge in [-0.3, -0.25) is 4.79 Å². The summed E-state index contributed by atoms with van der Waals surface area (Å²) < 4.78 is 0. The molecule has 1 fully saturated rings. The summed E-state index contributed by atoms with van der Waals surface area (Å²) in [6, 6.07) is 5.35. The Morgan fingerprint density at radius 3 is 2.65 bits per heavy atom. The first-order chi connectivity index (χ1) is 8.08. The predicted molar refractivity (Wildman–Crippen MR) is 70.5 cm³/mol. The predicted octanol–water partition coefficient (Wildman–Crippen LogP) is 3.23. The quantitative estimate of drug-likeness (QED) is 0.917. The van der Waals surface area contributed by atoms with E-state index in [-0.39, 0.29) is 17.7 Å². The standard InChI is InChI=1S/C13H15Cl2NO/c14-10-5-4-8(6-11(10)15)7-13(17)9-2-1-3-12(9)16/h4-6,9,12H,1-3,7,16H2. The molecule has 4 heteroatoms. The van der Waals surface area contributed by atoms with Gasteiger partial charge in [-0.2, -0.15) is 0 Å². The molecule has 1 saturated carbocycles. The van der Waals surface area contributed by atoms with E-state index in [1.165, 1.54) is 0 Å². The minimum Gasteiger partial charge on any atom is -0.327 e. The lowest BCUT2D eigenvalue weighted by Gasteiger charge is -2.13. The van der Waals surface area contributed by atoms with E-state index >= 15 is 0 Å². The fourth-order valence-electron chi connectivity index (χ4n) is 2.37. The number of carbonyl (C=O) groups excluding carboxylic acids is 1. The zero-order chi connectivity index (χ0) is 12.4. The molecule has 92 valence electrons. The third-order valence-electron chi connectivity index (χ3n) is 3.35. The molecule has 0 aliphatic heterocycles. The molecule has 1 aliphatic carbocycles. The topological polar surface area (TPSA) is 43.1 Å². The zero-order valence-electron chi connectivity index (χ0n) is 9.46. The van der Waals surface area contributed by atoms with Crippen LogP contribution in [0.2, 0.25) is 10.0 Å². The van der Waals surface area contributed by atoms with Gasteiger partial charge in [0.15, 0.2) is 0 Å².